The summed E-state index contributed by atoms with van der Waals surface area (Å²) in [6.07, 6.45) is 4.86. The number of alkyl halides is 2. The molecule has 2 aromatic rings. The molecule has 20 heteroatoms. The van der Waals surface area contributed by atoms with E-state index < -0.39 is 93.5 Å². The molecule has 1 aromatic heterocycles. The van der Waals surface area contributed by atoms with Crippen molar-refractivity contribution in [2.24, 2.45) is 11.7 Å². The highest BCUT2D eigenvalue weighted by molar-refractivity contribution is 7.89. The van der Waals surface area contributed by atoms with E-state index in [1.807, 2.05) is 0 Å². The Balaban J connectivity index is 1.27. The van der Waals surface area contributed by atoms with Gasteiger partial charge in [0.05, 0.1) is 22.8 Å². The van der Waals surface area contributed by atoms with Gasteiger partial charge in [0.25, 0.3) is 17.7 Å². The van der Waals surface area contributed by atoms with Gasteiger partial charge in [0, 0.05) is 63.5 Å². The maximum absolute atomic E-state index is 14.8. The molecule has 6 N–H and O–H groups in total. The number of amides is 4. The molecule has 17 nitrogen and oxygen atoms in total. The zero-order chi connectivity index (χ0) is 41.3. The summed E-state index contributed by atoms with van der Waals surface area (Å²) in [6, 6.07) is 0.920. The van der Waals surface area contributed by atoms with E-state index in [1.165, 1.54) is 40.0 Å². The fraction of sp³-hybridized carbons (Fsp3) is 0.649. The quantitative estimate of drug-likeness (QED) is 0.170. The van der Waals surface area contributed by atoms with Crippen LogP contribution in [0.4, 0.5) is 8.78 Å². The molecule has 4 amide bonds. The van der Waals surface area contributed by atoms with E-state index in [0.717, 1.165) is 32.1 Å². The lowest BCUT2D eigenvalue weighted by Crippen LogP contribution is -2.64. The number of carbonyl (C=O) groups excluding carboxylic acids is 5. The molecule has 2 saturated heterocycles. The molecule has 3 atom stereocenters. The number of Topliss-reactive ketones (excluding diaryl/α,β-unsaturated/α-hetero) is 1. The minimum absolute atomic E-state index is 0.0199. The first-order chi connectivity index (χ1) is 26.8. The number of halogens is 2. The second-order valence-corrected chi connectivity index (χ2v) is 18.0. The zero-order valence-corrected chi connectivity index (χ0v) is 32.7. The van der Waals surface area contributed by atoms with Gasteiger partial charge in [0.1, 0.15) is 23.2 Å². The second kappa shape index (κ2) is 16.5. The molecule has 4 fully saturated rings. The smallest absolute Gasteiger partial charge is 0.287 e. The summed E-state index contributed by atoms with van der Waals surface area (Å²) in [5, 5.41) is 24.6. The van der Waals surface area contributed by atoms with Gasteiger partial charge in [-0.3, -0.25) is 24.0 Å². The lowest BCUT2D eigenvalue weighted by molar-refractivity contribution is -0.147. The number of nitrogens with one attached hydrogen (secondary N) is 3. The Bertz CT molecular complexity index is 1950. The first-order valence-corrected chi connectivity index (χ1v) is 20.8. The number of hydrogen-bond donors (Lipinski definition) is 5. The van der Waals surface area contributed by atoms with Crippen LogP contribution in [0, 0.1) is 5.92 Å². The van der Waals surface area contributed by atoms with Crippen molar-refractivity contribution in [3.63, 3.8) is 0 Å². The molecule has 2 aliphatic heterocycles. The lowest BCUT2D eigenvalue weighted by Gasteiger charge is -2.37. The summed E-state index contributed by atoms with van der Waals surface area (Å²) in [5.41, 5.74) is 2.70. The summed E-state index contributed by atoms with van der Waals surface area (Å²) in [4.78, 5) is 69.3. The van der Waals surface area contributed by atoms with Crippen LogP contribution in [-0.4, -0.2) is 112 Å². The number of primary amides is 1. The monoisotopic (exact) mass is 820 g/mol. The van der Waals surface area contributed by atoms with Crippen LogP contribution in [0.1, 0.15) is 107 Å². The summed E-state index contributed by atoms with van der Waals surface area (Å²) in [5.74, 6) is -7.10. The van der Waals surface area contributed by atoms with Crippen LogP contribution in [0.25, 0.3) is 0 Å². The fourth-order valence-electron chi connectivity index (χ4n) is 8.36. The van der Waals surface area contributed by atoms with Crippen molar-refractivity contribution in [1.82, 2.24) is 35.2 Å². The van der Waals surface area contributed by atoms with Gasteiger partial charge in [-0.2, -0.15) is 0 Å². The van der Waals surface area contributed by atoms with Crippen LogP contribution in [0.2, 0.25) is 0 Å². The Morgan fingerprint density at radius 1 is 1.05 bits per heavy atom. The number of hydrogen-bond acceptors (Lipinski definition) is 11. The van der Waals surface area contributed by atoms with Gasteiger partial charge in [0.15, 0.2) is 0 Å². The van der Waals surface area contributed by atoms with Crippen molar-refractivity contribution in [3.8, 4) is 0 Å². The van der Waals surface area contributed by atoms with Gasteiger partial charge in [-0.25, -0.2) is 26.6 Å². The second-order valence-electron chi connectivity index (χ2n) is 16.3. The van der Waals surface area contributed by atoms with Crippen LogP contribution in [0.5, 0.6) is 0 Å². The number of nitrogens with zero attached hydrogens (tertiary/aromatic N) is 4. The molecule has 3 heterocycles. The highest BCUT2D eigenvalue weighted by Gasteiger charge is 2.50. The van der Waals surface area contributed by atoms with Crippen molar-refractivity contribution < 1.29 is 51.0 Å². The summed E-state index contributed by atoms with van der Waals surface area (Å²) >= 11 is 0. The summed E-state index contributed by atoms with van der Waals surface area (Å²) in [7, 11) is -4.15. The molecular weight excluding hydrogens is 771 g/mol. The molecule has 312 valence electrons. The van der Waals surface area contributed by atoms with Crippen LogP contribution in [0.15, 0.2) is 35.4 Å². The highest BCUT2D eigenvalue weighted by Crippen LogP contribution is 2.38. The average Bonchev–Trinajstić information content (AvgIpc) is 3.83. The molecule has 6 rings (SSSR count). The number of ketones is 1. The van der Waals surface area contributed by atoms with E-state index >= 15 is 0 Å². The largest absolute Gasteiger partial charge is 0.384 e. The summed E-state index contributed by atoms with van der Waals surface area (Å²) in [6.45, 7) is 3.13. The van der Waals surface area contributed by atoms with E-state index in [9.17, 15) is 46.3 Å². The maximum Gasteiger partial charge on any atom is 0.287 e. The minimum Gasteiger partial charge on any atom is -0.384 e. The minimum atomic E-state index is -4.15. The summed E-state index contributed by atoms with van der Waals surface area (Å²) < 4.78 is 61.4. The van der Waals surface area contributed by atoms with Crippen LogP contribution >= 0.6 is 0 Å². The van der Waals surface area contributed by atoms with E-state index in [-0.39, 0.29) is 61.8 Å². The number of benzene rings is 1. The molecule has 2 saturated carbocycles. The van der Waals surface area contributed by atoms with Crippen molar-refractivity contribution in [3.05, 3.63) is 41.7 Å². The van der Waals surface area contributed by atoms with Gasteiger partial charge in [-0.1, -0.05) is 37.3 Å². The molecule has 4 aliphatic rings. The Hall–Kier alpha value is -4.40. The Labute approximate surface area is 328 Å². The van der Waals surface area contributed by atoms with Crippen LogP contribution < -0.4 is 21.1 Å². The number of aromatic nitrogens is 3. The Kier molecular flexibility index (Phi) is 12.2. The van der Waals surface area contributed by atoms with Gasteiger partial charge in [0.2, 0.25) is 27.6 Å². The van der Waals surface area contributed by atoms with Crippen LogP contribution in [0.3, 0.4) is 0 Å². The normalized spacial score (nSPS) is 23.3. The molecule has 2 aliphatic carbocycles. The molecule has 0 radical (unpaired) electrons. The third-order valence-electron chi connectivity index (χ3n) is 11.5. The van der Waals surface area contributed by atoms with Crippen molar-refractivity contribution in [2.75, 3.05) is 19.8 Å². The molecule has 0 unspecified atom stereocenters. The Morgan fingerprint density at radius 2 is 1.70 bits per heavy atom. The van der Waals surface area contributed by atoms with Gasteiger partial charge in [-0.05, 0) is 50.5 Å². The number of likely N-dealkylation sites (tertiary alicyclic amines) is 1. The number of carbonyl (C=O) groups is 5. The van der Waals surface area contributed by atoms with E-state index in [2.05, 4.69) is 25.7 Å². The van der Waals surface area contributed by atoms with Gasteiger partial charge >= 0.3 is 0 Å². The number of rotatable bonds is 14. The topological polar surface area (TPSA) is 245 Å². The number of ether oxygens (including phenoxy) is 1. The van der Waals surface area contributed by atoms with Gasteiger partial charge in [-0.15, -0.1) is 5.10 Å². The van der Waals surface area contributed by atoms with Gasteiger partial charge < -0.3 is 31.1 Å². The predicted molar refractivity (Wildman–Crippen MR) is 197 cm³/mol. The van der Waals surface area contributed by atoms with Crippen molar-refractivity contribution in [2.45, 2.75) is 131 Å². The average molecular weight is 821 g/mol. The molecular formula is C37H50F2N8O9S. The maximum atomic E-state index is 14.8. The highest BCUT2D eigenvalue weighted by atomic mass is 32.2. The van der Waals surface area contributed by atoms with Crippen molar-refractivity contribution >= 4 is 39.4 Å². The van der Waals surface area contributed by atoms with Crippen LogP contribution in [-0.2, 0) is 39.5 Å². The molecule has 57 heavy (non-hydrogen) atoms. The number of sulfonamides is 1. The lowest BCUT2D eigenvalue weighted by atomic mass is 9.84. The fourth-order valence-corrected chi connectivity index (χ4v) is 9.59. The molecule has 0 spiro atoms. The number of nitrogens with two attached hydrogens (primary N) is 1. The first-order valence-electron chi connectivity index (χ1n) is 19.3. The van der Waals surface area contributed by atoms with E-state index in [1.54, 1.807) is 13.8 Å². The standard InChI is InChI=1S/C37H50F2N8O9S/c1-35(2,53)29-20-41-45-47(29)25-17-28(33(51)43-36(30(48)31(40)49)12-14-56-15-13-36)46(21-25)34(52)27(16-22-6-4-3-5-7-22)42-32(50)23-8-10-26(11-9-23)57(54,55)44-24-18-37(38,39)19-24/h8-11,20,22,24-25,27-28,44,53H,3-7,12-19,21H2,1-2H3,(H2,40,49)(H,42,50)(H,43,51)/t25-,27+,28-/m0/s1. The Morgan fingerprint density at radius 3 is 2.30 bits per heavy atom. The third kappa shape index (κ3) is 9.50. The zero-order valence-electron chi connectivity index (χ0n) is 31.9. The van der Waals surface area contributed by atoms with E-state index in [4.69, 9.17) is 10.5 Å². The van der Waals surface area contributed by atoms with Crippen molar-refractivity contribution in [1.29, 1.82) is 0 Å². The molecule has 1 aromatic carbocycles. The van der Waals surface area contributed by atoms with E-state index in [0.29, 0.717) is 5.69 Å². The number of aliphatic hydroxyl groups is 1. The predicted octanol–water partition coefficient (Wildman–Crippen LogP) is 1.21. The third-order valence-corrected chi connectivity index (χ3v) is 13.1. The SMILES string of the molecule is CC(C)(O)c1cnnn1[C@H]1C[C@@H](C(=O)NC2(C(=O)C(N)=O)CCOCC2)N(C(=O)[C@@H](CC2CCCCC2)NC(=O)c2ccc(S(=O)(=O)NC3CC(F)(F)C3)cc2)C1. The molecule has 0 bridgehead atoms. The first kappa shape index (κ1) is 42.2.